The molecule has 0 N–H and O–H groups in total. The Kier molecular flexibility index (Phi) is 3.26. The fraction of sp³-hybridized carbons (Fsp3) is 0.462. The largest absolute Gasteiger partial charge is 0.327 e. The van der Waals surface area contributed by atoms with Gasteiger partial charge in [0.15, 0.2) is 0 Å². The van der Waals surface area contributed by atoms with Crippen molar-refractivity contribution < 1.29 is 4.39 Å². The molecule has 0 aliphatic heterocycles. The SMILES string of the molecule is CC1CC1Cn1c(CCl)nc2cc(I)c(F)cc21. The van der Waals surface area contributed by atoms with Crippen molar-refractivity contribution in [2.24, 2.45) is 11.8 Å². The number of alkyl halides is 1. The van der Waals surface area contributed by atoms with Gasteiger partial charge in [0.1, 0.15) is 11.6 Å². The van der Waals surface area contributed by atoms with Gasteiger partial charge in [-0.05, 0) is 46.9 Å². The maximum atomic E-state index is 13.7. The van der Waals surface area contributed by atoms with Crippen LogP contribution < -0.4 is 0 Å². The molecule has 2 unspecified atom stereocenters. The van der Waals surface area contributed by atoms with Crippen molar-refractivity contribution in [2.45, 2.75) is 25.8 Å². The third kappa shape index (κ3) is 2.13. The highest BCUT2D eigenvalue weighted by Crippen LogP contribution is 2.40. The summed E-state index contributed by atoms with van der Waals surface area (Å²) >= 11 is 7.93. The van der Waals surface area contributed by atoms with Crippen molar-refractivity contribution >= 4 is 45.2 Å². The van der Waals surface area contributed by atoms with E-state index in [0.717, 1.165) is 29.3 Å². The minimum atomic E-state index is -0.186. The summed E-state index contributed by atoms with van der Waals surface area (Å²) in [6.45, 7) is 3.15. The summed E-state index contributed by atoms with van der Waals surface area (Å²) in [6, 6.07) is 3.36. The Balaban J connectivity index is 2.11. The van der Waals surface area contributed by atoms with Gasteiger partial charge in [-0.2, -0.15) is 0 Å². The summed E-state index contributed by atoms with van der Waals surface area (Å²) in [5.41, 5.74) is 1.70. The first-order chi connectivity index (χ1) is 8.60. The number of aromatic nitrogens is 2. The number of imidazole rings is 1. The van der Waals surface area contributed by atoms with Crippen LogP contribution in [0.5, 0.6) is 0 Å². The summed E-state index contributed by atoms with van der Waals surface area (Å²) in [5, 5.41) is 0. The van der Waals surface area contributed by atoms with E-state index in [0.29, 0.717) is 15.4 Å². The molecule has 18 heavy (non-hydrogen) atoms. The third-order valence-electron chi connectivity index (χ3n) is 3.68. The summed E-state index contributed by atoms with van der Waals surface area (Å²) in [7, 11) is 0. The van der Waals surface area contributed by atoms with Crippen LogP contribution in [-0.4, -0.2) is 9.55 Å². The van der Waals surface area contributed by atoms with Gasteiger partial charge in [-0.25, -0.2) is 9.37 Å². The third-order valence-corrected chi connectivity index (χ3v) is 4.75. The van der Waals surface area contributed by atoms with Crippen molar-refractivity contribution in [3.63, 3.8) is 0 Å². The van der Waals surface area contributed by atoms with Crippen LogP contribution in [0.1, 0.15) is 19.2 Å². The van der Waals surface area contributed by atoms with Crippen LogP contribution in [0.3, 0.4) is 0 Å². The molecule has 0 bridgehead atoms. The minimum absolute atomic E-state index is 0.186. The summed E-state index contributed by atoms with van der Waals surface area (Å²) in [5.74, 6) is 2.47. The van der Waals surface area contributed by atoms with E-state index in [1.54, 1.807) is 12.1 Å². The van der Waals surface area contributed by atoms with E-state index >= 15 is 0 Å². The Morgan fingerprint density at radius 1 is 1.56 bits per heavy atom. The number of hydrogen-bond acceptors (Lipinski definition) is 1. The molecule has 1 aliphatic carbocycles. The Labute approximate surface area is 124 Å². The second-order valence-electron chi connectivity index (χ2n) is 5.00. The molecule has 3 rings (SSSR count). The van der Waals surface area contributed by atoms with Crippen molar-refractivity contribution in [1.82, 2.24) is 9.55 Å². The van der Waals surface area contributed by atoms with Crippen LogP contribution in [0.15, 0.2) is 12.1 Å². The van der Waals surface area contributed by atoms with Gasteiger partial charge in [0, 0.05) is 12.6 Å². The molecule has 1 aromatic carbocycles. The Hall–Kier alpha value is -0.360. The maximum Gasteiger partial charge on any atom is 0.138 e. The molecule has 2 aromatic rings. The first-order valence-corrected chi connectivity index (χ1v) is 7.61. The summed E-state index contributed by atoms with van der Waals surface area (Å²) in [4.78, 5) is 4.50. The molecule has 1 aromatic heterocycles. The van der Waals surface area contributed by atoms with E-state index in [4.69, 9.17) is 11.6 Å². The molecule has 2 atom stereocenters. The van der Waals surface area contributed by atoms with Crippen LogP contribution in [0.4, 0.5) is 4.39 Å². The predicted molar refractivity (Wildman–Crippen MR) is 79.2 cm³/mol. The molecule has 0 saturated heterocycles. The van der Waals surface area contributed by atoms with Crippen LogP contribution in [0.2, 0.25) is 0 Å². The molecule has 1 aliphatic rings. The van der Waals surface area contributed by atoms with Gasteiger partial charge in [-0.3, -0.25) is 0 Å². The number of rotatable bonds is 3. The number of benzene rings is 1. The van der Waals surface area contributed by atoms with Gasteiger partial charge in [0.2, 0.25) is 0 Å². The molecule has 2 nitrogen and oxygen atoms in total. The molecular formula is C13H13ClFIN2. The Bertz CT molecular complexity index is 611. The molecule has 0 amide bonds. The van der Waals surface area contributed by atoms with Gasteiger partial charge in [0.05, 0.1) is 20.5 Å². The van der Waals surface area contributed by atoms with E-state index in [2.05, 4.69) is 16.5 Å². The molecule has 5 heteroatoms. The topological polar surface area (TPSA) is 17.8 Å². The zero-order valence-corrected chi connectivity index (χ0v) is 12.9. The van der Waals surface area contributed by atoms with Crippen molar-refractivity contribution in [3.8, 4) is 0 Å². The molecule has 96 valence electrons. The molecule has 0 spiro atoms. The summed E-state index contributed by atoms with van der Waals surface area (Å²) < 4.78 is 16.4. The lowest BCUT2D eigenvalue weighted by atomic mass is 10.3. The van der Waals surface area contributed by atoms with Crippen LogP contribution in [-0.2, 0) is 12.4 Å². The fourth-order valence-electron chi connectivity index (χ4n) is 2.36. The van der Waals surface area contributed by atoms with Gasteiger partial charge >= 0.3 is 0 Å². The zero-order chi connectivity index (χ0) is 12.9. The van der Waals surface area contributed by atoms with Crippen LogP contribution in [0.25, 0.3) is 11.0 Å². The second kappa shape index (κ2) is 4.63. The molecular weight excluding hydrogens is 366 g/mol. The number of fused-ring (bicyclic) bond motifs is 1. The van der Waals surface area contributed by atoms with Crippen molar-refractivity contribution in [2.75, 3.05) is 0 Å². The zero-order valence-electron chi connectivity index (χ0n) is 9.96. The lowest BCUT2D eigenvalue weighted by Gasteiger charge is -2.07. The van der Waals surface area contributed by atoms with Crippen LogP contribution in [0, 0.1) is 21.2 Å². The Morgan fingerprint density at radius 3 is 2.89 bits per heavy atom. The lowest BCUT2D eigenvalue weighted by molar-refractivity contribution is 0.587. The van der Waals surface area contributed by atoms with Crippen molar-refractivity contribution in [3.05, 3.63) is 27.3 Å². The maximum absolute atomic E-state index is 13.7. The number of halogens is 3. The van der Waals surface area contributed by atoms with E-state index < -0.39 is 0 Å². The highest BCUT2D eigenvalue weighted by Gasteiger charge is 2.33. The van der Waals surface area contributed by atoms with Gasteiger partial charge < -0.3 is 4.57 Å². The minimum Gasteiger partial charge on any atom is -0.327 e. The van der Waals surface area contributed by atoms with E-state index in [9.17, 15) is 4.39 Å². The average molecular weight is 379 g/mol. The highest BCUT2D eigenvalue weighted by molar-refractivity contribution is 14.1. The van der Waals surface area contributed by atoms with E-state index in [1.165, 1.54) is 6.42 Å². The predicted octanol–water partition coefficient (Wildman–Crippen LogP) is 4.17. The molecule has 1 saturated carbocycles. The smallest absolute Gasteiger partial charge is 0.138 e. The molecule has 0 radical (unpaired) electrons. The molecule has 1 fully saturated rings. The summed E-state index contributed by atoms with van der Waals surface area (Å²) in [6.07, 6.45) is 1.24. The van der Waals surface area contributed by atoms with Gasteiger partial charge in [-0.15, -0.1) is 11.6 Å². The van der Waals surface area contributed by atoms with Gasteiger partial charge in [-0.1, -0.05) is 6.92 Å². The van der Waals surface area contributed by atoms with E-state index in [1.807, 2.05) is 22.6 Å². The standard InChI is InChI=1S/C13H13ClFIN2/c1-7-2-8(7)6-18-12-3-9(15)10(16)4-11(12)17-13(18)5-14/h3-4,7-8H,2,5-6H2,1H3. The first kappa shape index (κ1) is 12.7. The second-order valence-corrected chi connectivity index (χ2v) is 6.43. The lowest BCUT2D eigenvalue weighted by Crippen LogP contribution is -2.05. The van der Waals surface area contributed by atoms with E-state index in [-0.39, 0.29) is 5.82 Å². The van der Waals surface area contributed by atoms with Crippen molar-refractivity contribution in [1.29, 1.82) is 0 Å². The average Bonchev–Trinajstić information content (AvgIpc) is 2.93. The Morgan fingerprint density at radius 2 is 2.28 bits per heavy atom. The fourth-order valence-corrected chi connectivity index (χ4v) is 3.02. The first-order valence-electron chi connectivity index (χ1n) is 6.00. The van der Waals surface area contributed by atoms with Crippen LogP contribution >= 0.6 is 34.2 Å². The number of hydrogen-bond donors (Lipinski definition) is 0. The van der Waals surface area contributed by atoms with Gasteiger partial charge in [0.25, 0.3) is 0 Å². The number of nitrogens with zero attached hydrogens (tertiary/aromatic N) is 2. The monoisotopic (exact) mass is 378 g/mol. The normalized spacial score (nSPS) is 22.7. The quantitative estimate of drug-likeness (QED) is 0.579. The molecule has 1 heterocycles. The highest BCUT2D eigenvalue weighted by atomic mass is 127.